The number of halogens is 1. The Balaban J connectivity index is 1.45. The number of carbonyl (C=O) groups excluding carboxylic acids is 1. The molecule has 1 aliphatic rings. The van der Waals surface area contributed by atoms with E-state index >= 15 is 0 Å². The van der Waals surface area contributed by atoms with E-state index in [0.717, 1.165) is 24.2 Å². The van der Waals surface area contributed by atoms with Crippen LogP contribution in [0.1, 0.15) is 18.4 Å². The van der Waals surface area contributed by atoms with E-state index in [1.165, 1.54) is 6.07 Å². The maximum Gasteiger partial charge on any atom is 0.319 e. The third-order valence-electron chi connectivity index (χ3n) is 3.74. The van der Waals surface area contributed by atoms with Gasteiger partial charge < -0.3 is 16.0 Å². The van der Waals surface area contributed by atoms with Crippen molar-refractivity contribution in [2.24, 2.45) is 0 Å². The predicted molar refractivity (Wildman–Crippen MR) is 90.2 cm³/mol. The van der Waals surface area contributed by atoms with Crippen LogP contribution in [0.3, 0.4) is 0 Å². The Labute approximate surface area is 135 Å². The molecule has 1 fully saturated rings. The standard InChI is InChI=1S/C18H20FN3O/c19-17-4-2-1-3-13(17)11-12-20-14-5-7-15(8-6-14)21-18(23)22-16-9-10-16/h1-8,16,20H,9-12H2,(H2,21,22,23). The van der Waals surface area contributed by atoms with E-state index in [1.807, 2.05) is 30.3 Å². The molecule has 0 saturated heterocycles. The highest BCUT2D eigenvalue weighted by atomic mass is 19.1. The topological polar surface area (TPSA) is 53.2 Å². The molecular formula is C18H20FN3O. The van der Waals surface area contributed by atoms with E-state index < -0.39 is 0 Å². The van der Waals surface area contributed by atoms with Crippen LogP contribution in [0.4, 0.5) is 20.6 Å². The molecule has 2 aromatic carbocycles. The molecule has 1 saturated carbocycles. The molecule has 0 bridgehead atoms. The largest absolute Gasteiger partial charge is 0.385 e. The van der Waals surface area contributed by atoms with Crippen molar-refractivity contribution in [1.82, 2.24) is 5.32 Å². The second-order valence-electron chi connectivity index (χ2n) is 5.72. The summed E-state index contributed by atoms with van der Waals surface area (Å²) in [5.74, 6) is -0.171. The monoisotopic (exact) mass is 313 g/mol. The van der Waals surface area contributed by atoms with Crippen molar-refractivity contribution < 1.29 is 9.18 Å². The summed E-state index contributed by atoms with van der Waals surface area (Å²) in [6, 6.07) is 14.5. The van der Waals surface area contributed by atoms with Crippen molar-refractivity contribution in [3.05, 3.63) is 59.9 Å². The van der Waals surface area contributed by atoms with Crippen LogP contribution in [0, 0.1) is 5.82 Å². The lowest BCUT2D eigenvalue weighted by Crippen LogP contribution is -2.30. The van der Waals surface area contributed by atoms with Crippen molar-refractivity contribution in [1.29, 1.82) is 0 Å². The highest BCUT2D eigenvalue weighted by molar-refractivity contribution is 5.89. The van der Waals surface area contributed by atoms with Gasteiger partial charge in [0.15, 0.2) is 0 Å². The van der Waals surface area contributed by atoms with Crippen LogP contribution in [-0.4, -0.2) is 18.6 Å². The molecule has 5 heteroatoms. The Morgan fingerprint density at radius 2 is 1.74 bits per heavy atom. The van der Waals surface area contributed by atoms with Gasteiger partial charge in [-0.25, -0.2) is 9.18 Å². The summed E-state index contributed by atoms with van der Waals surface area (Å²) in [5.41, 5.74) is 2.40. The molecule has 3 rings (SSSR count). The van der Waals surface area contributed by atoms with E-state index in [1.54, 1.807) is 12.1 Å². The fraction of sp³-hybridized carbons (Fsp3) is 0.278. The van der Waals surface area contributed by atoms with Crippen LogP contribution < -0.4 is 16.0 Å². The SMILES string of the molecule is O=C(Nc1ccc(NCCc2ccccc2F)cc1)NC1CC1. The molecule has 0 aliphatic heterocycles. The summed E-state index contributed by atoms with van der Waals surface area (Å²) in [4.78, 5) is 11.6. The Morgan fingerprint density at radius 1 is 1.04 bits per heavy atom. The first-order valence-electron chi connectivity index (χ1n) is 7.85. The van der Waals surface area contributed by atoms with Gasteiger partial charge in [-0.2, -0.15) is 0 Å². The summed E-state index contributed by atoms with van der Waals surface area (Å²) in [6.45, 7) is 0.649. The quantitative estimate of drug-likeness (QED) is 0.760. The van der Waals surface area contributed by atoms with Crippen LogP contribution in [-0.2, 0) is 6.42 Å². The van der Waals surface area contributed by atoms with Gasteiger partial charge >= 0.3 is 6.03 Å². The first kappa shape index (κ1) is 15.3. The first-order valence-corrected chi connectivity index (χ1v) is 7.85. The molecule has 0 radical (unpaired) electrons. The highest BCUT2D eigenvalue weighted by Crippen LogP contribution is 2.19. The molecule has 23 heavy (non-hydrogen) atoms. The van der Waals surface area contributed by atoms with Crippen LogP contribution in [0.2, 0.25) is 0 Å². The third-order valence-corrected chi connectivity index (χ3v) is 3.74. The molecular weight excluding hydrogens is 293 g/mol. The van der Waals surface area contributed by atoms with Gasteiger partial charge in [-0.1, -0.05) is 18.2 Å². The number of rotatable bonds is 6. The Bertz CT molecular complexity index is 668. The van der Waals surface area contributed by atoms with Gasteiger partial charge in [0.2, 0.25) is 0 Å². The summed E-state index contributed by atoms with van der Waals surface area (Å²) in [7, 11) is 0. The lowest BCUT2D eigenvalue weighted by atomic mass is 10.1. The zero-order valence-corrected chi connectivity index (χ0v) is 12.8. The summed E-state index contributed by atoms with van der Waals surface area (Å²) < 4.78 is 13.5. The molecule has 120 valence electrons. The van der Waals surface area contributed by atoms with E-state index in [-0.39, 0.29) is 11.8 Å². The lowest BCUT2D eigenvalue weighted by molar-refractivity contribution is 0.251. The molecule has 2 amide bonds. The molecule has 1 aliphatic carbocycles. The molecule has 3 N–H and O–H groups in total. The molecule has 0 aromatic heterocycles. The summed E-state index contributed by atoms with van der Waals surface area (Å²) in [6.07, 6.45) is 2.76. The second kappa shape index (κ2) is 7.13. The molecule has 0 atom stereocenters. The van der Waals surface area contributed by atoms with Crippen LogP contribution in [0.15, 0.2) is 48.5 Å². The normalized spacial score (nSPS) is 13.4. The number of nitrogens with one attached hydrogen (secondary N) is 3. The number of anilines is 2. The van der Waals surface area contributed by atoms with Gasteiger partial charge in [0, 0.05) is 24.0 Å². The highest BCUT2D eigenvalue weighted by Gasteiger charge is 2.23. The van der Waals surface area contributed by atoms with Gasteiger partial charge in [0.1, 0.15) is 5.82 Å². The number of benzene rings is 2. The number of urea groups is 1. The third kappa shape index (κ3) is 4.71. The average molecular weight is 313 g/mol. The number of hydrogen-bond acceptors (Lipinski definition) is 2. The maximum absolute atomic E-state index is 13.5. The van der Waals surface area contributed by atoms with E-state index in [4.69, 9.17) is 0 Å². The number of carbonyl (C=O) groups is 1. The predicted octanol–water partition coefficient (Wildman–Crippen LogP) is 3.76. The second-order valence-corrected chi connectivity index (χ2v) is 5.72. The Morgan fingerprint density at radius 3 is 2.43 bits per heavy atom. The minimum absolute atomic E-state index is 0.159. The number of hydrogen-bond donors (Lipinski definition) is 3. The fourth-order valence-corrected chi connectivity index (χ4v) is 2.29. The Hall–Kier alpha value is -2.56. The van der Waals surface area contributed by atoms with Gasteiger partial charge in [-0.05, 0) is 55.2 Å². The first-order chi connectivity index (χ1) is 11.2. The van der Waals surface area contributed by atoms with E-state index in [9.17, 15) is 9.18 Å². The number of amides is 2. The van der Waals surface area contributed by atoms with Crippen molar-refractivity contribution in [3.8, 4) is 0 Å². The van der Waals surface area contributed by atoms with Gasteiger partial charge in [0.25, 0.3) is 0 Å². The average Bonchev–Trinajstić information content (AvgIpc) is 3.35. The van der Waals surface area contributed by atoms with Gasteiger partial charge in [-0.15, -0.1) is 0 Å². The minimum atomic E-state index is -0.171. The summed E-state index contributed by atoms with van der Waals surface area (Å²) >= 11 is 0. The van der Waals surface area contributed by atoms with E-state index in [2.05, 4.69) is 16.0 Å². The minimum Gasteiger partial charge on any atom is -0.385 e. The van der Waals surface area contributed by atoms with Crippen molar-refractivity contribution in [2.75, 3.05) is 17.2 Å². The van der Waals surface area contributed by atoms with Crippen LogP contribution in [0.5, 0.6) is 0 Å². The molecule has 0 heterocycles. The molecule has 0 spiro atoms. The lowest BCUT2D eigenvalue weighted by Gasteiger charge is -2.09. The van der Waals surface area contributed by atoms with Crippen molar-refractivity contribution in [3.63, 3.8) is 0 Å². The molecule has 2 aromatic rings. The van der Waals surface area contributed by atoms with Crippen LogP contribution >= 0.6 is 0 Å². The zero-order chi connectivity index (χ0) is 16.1. The van der Waals surface area contributed by atoms with Crippen molar-refractivity contribution in [2.45, 2.75) is 25.3 Å². The van der Waals surface area contributed by atoms with Gasteiger partial charge in [0.05, 0.1) is 0 Å². The fourth-order valence-electron chi connectivity index (χ4n) is 2.29. The van der Waals surface area contributed by atoms with Gasteiger partial charge in [-0.3, -0.25) is 0 Å². The van der Waals surface area contributed by atoms with E-state index in [0.29, 0.717) is 24.6 Å². The van der Waals surface area contributed by atoms with Crippen molar-refractivity contribution >= 4 is 17.4 Å². The maximum atomic E-state index is 13.5. The van der Waals surface area contributed by atoms with Crippen LogP contribution in [0.25, 0.3) is 0 Å². The molecule has 0 unspecified atom stereocenters. The zero-order valence-electron chi connectivity index (χ0n) is 12.8. The summed E-state index contributed by atoms with van der Waals surface area (Å²) in [5, 5.41) is 8.92. The Kier molecular flexibility index (Phi) is 4.76. The molecule has 4 nitrogen and oxygen atoms in total. The smallest absolute Gasteiger partial charge is 0.319 e.